The Balaban J connectivity index is 2.20. The standard InChI is InChI=1S/C10H9N5O4/c16-8-1-2-9(17)15(8)14-12-7-3-4-11-5-6(7)10(18)13-19/h1-5,14,16-17H,(H,11,12). The number of carbonyl (C=O) groups is 1. The van der Waals surface area contributed by atoms with E-state index in [9.17, 15) is 19.9 Å². The summed E-state index contributed by atoms with van der Waals surface area (Å²) in [5.41, 5.74) is 5.16. The second-order valence-corrected chi connectivity index (χ2v) is 3.44. The molecule has 0 fully saturated rings. The van der Waals surface area contributed by atoms with Gasteiger partial charge < -0.3 is 10.2 Å². The van der Waals surface area contributed by atoms with Gasteiger partial charge in [0, 0.05) is 29.7 Å². The van der Waals surface area contributed by atoms with E-state index < -0.39 is 5.91 Å². The number of nitrogens with zero attached hydrogens (tertiary/aromatic N) is 3. The van der Waals surface area contributed by atoms with Crippen LogP contribution in [0.1, 0.15) is 10.4 Å². The fourth-order valence-electron chi connectivity index (χ4n) is 1.37. The zero-order valence-electron chi connectivity index (χ0n) is 9.44. The zero-order chi connectivity index (χ0) is 13.8. The number of nitroso groups, excluding NO2 is 1. The van der Waals surface area contributed by atoms with E-state index >= 15 is 0 Å². The number of anilines is 1. The molecule has 0 aliphatic heterocycles. The number of amides is 1. The van der Waals surface area contributed by atoms with Crippen LogP contribution in [0.2, 0.25) is 0 Å². The summed E-state index contributed by atoms with van der Waals surface area (Å²) >= 11 is 0. The predicted octanol–water partition coefficient (Wildman–Crippen LogP) is 0.771. The highest BCUT2D eigenvalue weighted by atomic mass is 16.3. The number of carbonyl (C=O) groups excluding carboxylic acids is 1. The molecule has 19 heavy (non-hydrogen) atoms. The van der Waals surface area contributed by atoms with Crippen LogP contribution in [0.5, 0.6) is 11.8 Å². The molecule has 2 aromatic rings. The van der Waals surface area contributed by atoms with Crippen LogP contribution in [0.15, 0.2) is 35.8 Å². The fourth-order valence-corrected chi connectivity index (χ4v) is 1.37. The summed E-state index contributed by atoms with van der Waals surface area (Å²) < 4.78 is 0.920. The van der Waals surface area contributed by atoms with E-state index in [1.807, 2.05) is 0 Å². The molecule has 0 radical (unpaired) electrons. The molecule has 0 saturated carbocycles. The van der Waals surface area contributed by atoms with E-state index in [-0.39, 0.29) is 23.0 Å². The first kappa shape index (κ1) is 12.4. The SMILES string of the molecule is O=NC(=O)c1cnccc1NNn1c(O)ccc1O. The van der Waals surface area contributed by atoms with E-state index in [4.69, 9.17) is 0 Å². The summed E-state index contributed by atoms with van der Waals surface area (Å²) in [4.78, 5) is 25.2. The number of hydrogen-bond acceptors (Lipinski definition) is 7. The fraction of sp³-hybridized carbons (Fsp3) is 0. The lowest BCUT2D eigenvalue weighted by Gasteiger charge is -2.13. The molecule has 2 heterocycles. The van der Waals surface area contributed by atoms with Crippen molar-refractivity contribution in [2.45, 2.75) is 0 Å². The molecule has 0 aliphatic rings. The van der Waals surface area contributed by atoms with Crippen LogP contribution >= 0.6 is 0 Å². The van der Waals surface area contributed by atoms with E-state index in [1.54, 1.807) is 0 Å². The van der Waals surface area contributed by atoms with E-state index in [0.717, 1.165) is 4.68 Å². The summed E-state index contributed by atoms with van der Waals surface area (Å²) in [6.45, 7) is 0. The monoisotopic (exact) mass is 263 g/mol. The molecule has 0 saturated heterocycles. The Morgan fingerprint density at radius 1 is 1.26 bits per heavy atom. The Labute approximate surface area is 106 Å². The average molecular weight is 263 g/mol. The van der Waals surface area contributed by atoms with Crippen molar-refractivity contribution in [1.29, 1.82) is 0 Å². The van der Waals surface area contributed by atoms with Gasteiger partial charge in [-0.1, -0.05) is 0 Å². The highest BCUT2D eigenvalue weighted by molar-refractivity contribution is 5.99. The van der Waals surface area contributed by atoms with Crippen LogP contribution in [0.3, 0.4) is 0 Å². The lowest BCUT2D eigenvalue weighted by atomic mass is 10.2. The Kier molecular flexibility index (Phi) is 3.28. The smallest absolute Gasteiger partial charge is 0.320 e. The molecule has 0 bridgehead atoms. The number of rotatable bonds is 4. The molecular weight excluding hydrogens is 254 g/mol. The van der Waals surface area contributed by atoms with Crippen LogP contribution in [0.4, 0.5) is 5.69 Å². The van der Waals surface area contributed by atoms with Gasteiger partial charge in [0.05, 0.1) is 11.3 Å². The van der Waals surface area contributed by atoms with Crippen LogP contribution in [-0.2, 0) is 0 Å². The molecule has 0 atom stereocenters. The van der Waals surface area contributed by atoms with Crippen molar-refractivity contribution in [2.24, 2.45) is 5.18 Å². The Bertz CT molecular complexity index is 605. The minimum Gasteiger partial charge on any atom is -0.493 e. The summed E-state index contributed by atoms with van der Waals surface area (Å²) in [5, 5.41) is 21.1. The minimum absolute atomic E-state index is 0.0452. The van der Waals surface area contributed by atoms with E-state index in [1.165, 1.54) is 30.6 Å². The van der Waals surface area contributed by atoms with Crippen LogP contribution in [-0.4, -0.2) is 25.8 Å². The van der Waals surface area contributed by atoms with Gasteiger partial charge >= 0.3 is 5.91 Å². The molecular formula is C10H9N5O4. The van der Waals surface area contributed by atoms with Gasteiger partial charge in [0.2, 0.25) is 11.8 Å². The van der Waals surface area contributed by atoms with Crippen molar-refractivity contribution in [3.05, 3.63) is 41.1 Å². The normalized spacial score (nSPS) is 9.89. The van der Waals surface area contributed by atoms with Gasteiger partial charge in [-0.3, -0.25) is 15.2 Å². The lowest BCUT2D eigenvalue weighted by molar-refractivity contribution is 0.100. The first-order valence-electron chi connectivity index (χ1n) is 5.07. The van der Waals surface area contributed by atoms with Gasteiger partial charge in [-0.25, -0.2) is 5.53 Å². The lowest BCUT2D eigenvalue weighted by Crippen LogP contribution is -2.21. The third-order valence-corrected chi connectivity index (χ3v) is 2.28. The van der Waals surface area contributed by atoms with Gasteiger partial charge in [-0.05, 0) is 6.07 Å². The molecule has 9 nitrogen and oxygen atoms in total. The first-order chi connectivity index (χ1) is 9.13. The number of hydrogen-bond donors (Lipinski definition) is 4. The average Bonchev–Trinajstić information content (AvgIpc) is 2.75. The Morgan fingerprint density at radius 3 is 2.58 bits per heavy atom. The highest BCUT2D eigenvalue weighted by Crippen LogP contribution is 2.19. The topological polar surface area (TPSA) is 129 Å². The van der Waals surface area contributed by atoms with Crippen molar-refractivity contribution in [1.82, 2.24) is 9.66 Å². The molecule has 0 unspecified atom stereocenters. The molecule has 9 heteroatoms. The third-order valence-electron chi connectivity index (χ3n) is 2.28. The van der Waals surface area contributed by atoms with Gasteiger partial charge in [0.1, 0.15) is 0 Å². The molecule has 98 valence electrons. The summed E-state index contributed by atoms with van der Waals surface area (Å²) in [6, 6.07) is 3.94. The number of hydrazine groups is 1. The molecule has 2 rings (SSSR count). The predicted molar refractivity (Wildman–Crippen MR) is 65.1 cm³/mol. The van der Waals surface area contributed by atoms with E-state index in [0.29, 0.717) is 0 Å². The third kappa shape index (κ3) is 2.44. The second kappa shape index (κ2) is 5.04. The van der Waals surface area contributed by atoms with Gasteiger partial charge in [0.15, 0.2) is 0 Å². The molecule has 0 aromatic carbocycles. The Hall–Kier alpha value is -3.10. The minimum atomic E-state index is -0.988. The van der Waals surface area contributed by atoms with Gasteiger partial charge in [0.25, 0.3) is 0 Å². The summed E-state index contributed by atoms with van der Waals surface area (Å²) in [6.07, 6.45) is 2.56. The van der Waals surface area contributed by atoms with E-state index in [2.05, 4.69) is 21.1 Å². The van der Waals surface area contributed by atoms with Gasteiger partial charge in [-0.15, -0.1) is 4.91 Å². The molecule has 0 aliphatic carbocycles. The van der Waals surface area contributed by atoms with Crippen LogP contribution in [0, 0.1) is 4.91 Å². The largest absolute Gasteiger partial charge is 0.493 e. The van der Waals surface area contributed by atoms with Crippen molar-refractivity contribution in [3.8, 4) is 11.8 Å². The number of aromatic hydroxyl groups is 2. The number of aromatic nitrogens is 2. The maximum absolute atomic E-state index is 11.2. The molecule has 4 N–H and O–H groups in total. The quantitative estimate of drug-likeness (QED) is 0.473. The Morgan fingerprint density at radius 2 is 1.95 bits per heavy atom. The maximum atomic E-state index is 11.2. The number of pyridine rings is 1. The van der Waals surface area contributed by atoms with Crippen molar-refractivity contribution in [3.63, 3.8) is 0 Å². The zero-order valence-corrected chi connectivity index (χ0v) is 9.44. The van der Waals surface area contributed by atoms with Crippen molar-refractivity contribution in [2.75, 3.05) is 11.0 Å². The number of nitrogens with one attached hydrogen (secondary N) is 2. The molecule has 1 amide bonds. The molecule has 2 aromatic heterocycles. The second-order valence-electron chi connectivity index (χ2n) is 3.44. The van der Waals surface area contributed by atoms with Crippen LogP contribution < -0.4 is 11.0 Å². The maximum Gasteiger partial charge on any atom is 0.320 e. The summed E-state index contributed by atoms with van der Waals surface area (Å²) in [7, 11) is 0. The van der Waals surface area contributed by atoms with Gasteiger partial charge in [-0.2, -0.15) is 4.68 Å². The van der Waals surface area contributed by atoms with Crippen LogP contribution in [0.25, 0.3) is 0 Å². The summed E-state index contributed by atoms with van der Waals surface area (Å²) in [5.74, 6) is -1.49. The van der Waals surface area contributed by atoms with Crippen molar-refractivity contribution >= 4 is 11.6 Å². The van der Waals surface area contributed by atoms with Crippen molar-refractivity contribution < 1.29 is 15.0 Å². The first-order valence-corrected chi connectivity index (χ1v) is 5.07. The molecule has 0 spiro atoms. The highest BCUT2D eigenvalue weighted by Gasteiger charge is 2.12.